The number of hydrogen-bond donors (Lipinski definition) is 1. The van der Waals surface area contributed by atoms with E-state index >= 15 is 0 Å². The lowest BCUT2D eigenvalue weighted by Crippen LogP contribution is -2.16. The van der Waals surface area contributed by atoms with E-state index in [0.29, 0.717) is 0 Å². The Morgan fingerprint density at radius 3 is 2.73 bits per heavy atom. The molecule has 0 aliphatic heterocycles. The van der Waals surface area contributed by atoms with Gasteiger partial charge in [0.15, 0.2) is 0 Å². The predicted octanol–water partition coefficient (Wildman–Crippen LogP) is 2.71. The number of aryl methyl sites for hydroxylation is 1. The first-order valence-electron chi connectivity index (χ1n) is 3.60. The van der Waals surface area contributed by atoms with Crippen LogP contribution >= 0.6 is 27.3 Å². The van der Waals surface area contributed by atoms with Gasteiger partial charge in [-0.25, -0.2) is 0 Å². The molecule has 2 N–H and O–H groups in total. The number of rotatable bonds is 2. The van der Waals surface area contributed by atoms with Gasteiger partial charge in [-0.15, -0.1) is 11.3 Å². The fraction of sp³-hybridized carbons (Fsp3) is 0.500. The summed E-state index contributed by atoms with van der Waals surface area (Å²) in [6, 6.07) is 2.42. The van der Waals surface area contributed by atoms with Gasteiger partial charge >= 0.3 is 0 Å². The second kappa shape index (κ2) is 3.70. The highest BCUT2D eigenvalue weighted by molar-refractivity contribution is 9.10. The monoisotopic (exact) mass is 233 g/mol. The Kier molecular flexibility index (Phi) is 3.10. The summed E-state index contributed by atoms with van der Waals surface area (Å²) in [5.74, 6) is 0. The van der Waals surface area contributed by atoms with Crippen molar-refractivity contribution in [3.8, 4) is 0 Å². The predicted molar refractivity (Wildman–Crippen MR) is 54.1 cm³/mol. The molecule has 62 valence electrons. The standard InChI is InChI=1S/C8H12BrNS/c1-5(10)3-7-4-8(9)6(2)11-7/h4-5H,3,10H2,1-2H3/t5-/m0/s1. The van der Waals surface area contributed by atoms with Gasteiger partial charge in [-0.2, -0.15) is 0 Å². The molecular formula is C8H12BrNS. The molecule has 3 heteroatoms. The molecule has 1 rings (SSSR count). The molecule has 1 aromatic heterocycles. The van der Waals surface area contributed by atoms with E-state index in [1.54, 1.807) is 0 Å². The summed E-state index contributed by atoms with van der Waals surface area (Å²) in [6.45, 7) is 4.14. The molecule has 11 heavy (non-hydrogen) atoms. The lowest BCUT2D eigenvalue weighted by atomic mass is 10.2. The van der Waals surface area contributed by atoms with Crippen LogP contribution in [-0.4, -0.2) is 6.04 Å². The van der Waals surface area contributed by atoms with E-state index in [1.807, 2.05) is 18.3 Å². The molecule has 0 radical (unpaired) electrons. The zero-order valence-corrected chi connectivity index (χ0v) is 9.13. The van der Waals surface area contributed by atoms with Crippen molar-refractivity contribution in [2.75, 3.05) is 0 Å². The normalized spacial score (nSPS) is 13.5. The van der Waals surface area contributed by atoms with Gasteiger partial charge in [0, 0.05) is 20.3 Å². The van der Waals surface area contributed by atoms with E-state index in [2.05, 4.69) is 28.9 Å². The third-order valence-electron chi connectivity index (χ3n) is 1.43. The summed E-state index contributed by atoms with van der Waals surface area (Å²) in [6.07, 6.45) is 0.983. The van der Waals surface area contributed by atoms with E-state index in [9.17, 15) is 0 Å². The van der Waals surface area contributed by atoms with Crippen molar-refractivity contribution in [1.29, 1.82) is 0 Å². The molecule has 1 nitrogen and oxygen atoms in total. The Labute approximate surface area is 79.7 Å². The van der Waals surface area contributed by atoms with Gasteiger partial charge < -0.3 is 5.73 Å². The molecule has 0 saturated carbocycles. The zero-order chi connectivity index (χ0) is 8.43. The Bertz CT molecular complexity index is 223. The third-order valence-corrected chi connectivity index (χ3v) is 3.59. The van der Waals surface area contributed by atoms with Crippen LogP contribution in [0.1, 0.15) is 16.7 Å². The fourth-order valence-corrected chi connectivity index (χ4v) is 2.68. The van der Waals surface area contributed by atoms with Gasteiger partial charge in [-0.05, 0) is 42.3 Å². The summed E-state index contributed by atoms with van der Waals surface area (Å²) < 4.78 is 1.21. The molecule has 1 aromatic rings. The van der Waals surface area contributed by atoms with Crippen molar-refractivity contribution in [2.45, 2.75) is 26.3 Å². The minimum atomic E-state index is 0.264. The van der Waals surface area contributed by atoms with Crippen molar-refractivity contribution in [3.05, 3.63) is 20.3 Å². The van der Waals surface area contributed by atoms with Crippen LogP contribution in [0.5, 0.6) is 0 Å². The molecule has 1 atom stereocenters. The maximum atomic E-state index is 5.68. The van der Waals surface area contributed by atoms with E-state index < -0.39 is 0 Å². The van der Waals surface area contributed by atoms with Crippen LogP contribution in [0.3, 0.4) is 0 Å². The first kappa shape index (κ1) is 9.23. The van der Waals surface area contributed by atoms with Gasteiger partial charge in [0.05, 0.1) is 0 Å². The second-order valence-corrected chi connectivity index (χ2v) is 4.99. The van der Waals surface area contributed by atoms with Gasteiger partial charge in [-0.1, -0.05) is 0 Å². The first-order chi connectivity index (χ1) is 5.09. The van der Waals surface area contributed by atoms with Crippen LogP contribution in [0.25, 0.3) is 0 Å². The second-order valence-electron chi connectivity index (χ2n) is 2.80. The van der Waals surface area contributed by atoms with Crippen LogP contribution in [0.4, 0.5) is 0 Å². The minimum Gasteiger partial charge on any atom is -0.328 e. The molecule has 0 unspecified atom stereocenters. The smallest absolute Gasteiger partial charge is 0.0314 e. The highest BCUT2D eigenvalue weighted by atomic mass is 79.9. The molecule has 0 fully saturated rings. The van der Waals surface area contributed by atoms with Gasteiger partial charge in [0.2, 0.25) is 0 Å². The van der Waals surface area contributed by atoms with Gasteiger partial charge in [0.25, 0.3) is 0 Å². The van der Waals surface area contributed by atoms with Crippen LogP contribution in [0.2, 0.25) is 0 Å². The Balaban J connectivity index is 2.73. The van der Waals surface area contributed by atoms with Gasteiger partial charge in [0.1, 0.15) is 0 Å². The Morgan fingerprint density at radius 1 is 1.73 bits per heavy atom. The topological polar surface area (TPSA) is 26.0 Å². The minimum absolute atomic E-state index is 0.264. The number of halogens is 1. The molecule has 0 aromatic carbocycles. The average molecular weight is 234 g/mol. The molecule has 1 heterocycles. The molecule has 0 amide bonds. The van der Waals surface area contributed by atoms with Crippen LogP contribution in [0, 0.1) is 6.92 Å². The van der Waals surface area contributed by atoms with Crippen LogP contribution in [0.15, 0.2) is 10.5 Å². The molecule has 0 aliphatic carbocycles. The first-order valence-corrected chi connectivity index (χ1v) is 5.21. The molecule has 0 aliphatic rings. The summed E-state index contributed by atoms with van der Waals surface area (Å²) in [4.78, 5) is 2.70. The molecule has 0 bridgehead atoms. The lowest BCUT2D eigenvalue weighted by Gasteiger charge is -1.99. The summed E-state index contributed by atoms with van der Waals surface area (Å²) in [5.41, 5.74) is 5.68. The molecular weight excluding hydrogens is 222 g/mol. The SMILES string of the molecule is Cc1sc(C[C@H](C)N)cc1Br. The van der Waals surface area contributed by atoms with E-state index in [-0.39, 0.29) is 6.04 Å². The molecule has 0 spiro atoms. The van der Waals surface area contributed by atoms with Gasteiger partial charge in [-0.3, -0.25) is 0 Å². The number of nitrogens with two attached hydrogens (primary N) is 1. The summed E-state index contributed by atoms with van der Waals surface area (Å²) >= 11 is 5.29. The van der Waals surface area contributed by atoms with Crippen molar-refractivity contribution in [3.63, 3.8) is 0 Å². The third kappa shape index (κ3) is 2.58. The number of thiophene rings is 1. The largest absolute Gasteiger partial charge is 0.328 e. The maximum Gasteiger partial charge on any atom is 0.0314 e. The quantitative estimate of drug-likeness (QED) is 0.836. The van der Waals surface area contributed by atoms with Crippen LogP contribution in [-0.2, 0) is 6.42 Å². The average Bonchev–Trinajstić information content (AvgIpc) is 2.10. The highest BCUT2D eigenvalue weighted by Crippen LogP contribution is 2.26. The Morgan fingerprint density at radius 2 is 2.36 bits per heavy atom. The highest BCUT2D eigenvalue weighted by Gasteiger charge is 2.03. The zero-order valence-electron chi connectivity index (χ0n) is 6.73. The number of hydrogen-bond acceptors (Lipinski definition) is 2. The lowest BCUT2D eigenvalue weighted by molar-refractivity contribution is 0.746. The van der Waals surface area contributed by atoms with Crippen molar-refractivity contribution >= 4 is 27.3 Å². The van der Waals surface area contributed by atoms with Crippen molar-refractivity contribution in [2.24, 2.45) is 5.73 Å². The summed E-state index contributed by atoms with van der Waals surface area (Å²) in [5, 5.41) is 0. The maximum absolute atomic E-state index is 5.68. The van der Waals surface area contributed by atoms with Crippen molar-refractivity contribution < 1.29 is 0 Å². The summed E-state index contributed by atoms with van der Waals surface area (Å²) in [7, 11) is 0. The Hall–Kier alpha value is 0.140. The molecule has 0 saturated heterocycles. The van der Waals surface area contributed by atoms with E-state index in [0.717, 1.165) is 6.42 Å². The van der Waals surface area contributed by atoms with E-state index in [1.165, 1.54) is 14.2 Å². The fourth-order valence-electron chi connectivity index (χ4n) is 0.936. The van der Waals surface area contributed by atoms with E-state index in [4.69, 9.17) is 5.73 Å². The van der Waals surface area contributed by atoms with Crippen LogP contribution < -0.4 is 5.73 Å². The van der Waals surface area contributed by atoms with Crippen molar-refractivity contribution in [1.82, 2.24) is 0 Å².